The molecule has 13 aromatic heterocycles. The predicted octanol–water partition coefficient (Wildman–Crippen LogP) is 13.5. The van der Waals surface area contributed by atoms with Crippen molar-refractivity contribution >= 4 is 177 Å². The molecule has 0 aliphatic heterocycles. The van der Waals surface area contributed by atoms with Crippen molar-refractivity contribution in [2.45, 2.75) is 51.6 Å². The highest BCUT2D eigenvalue weighted by atomic mass is 79.9. The summed E-state index contributed by atoms with van der Waals surface area (Å²) in [6.07, 6.45) is -10.8. The number of nitrogens with one attached hydrogen (secondary N) is 6. The SMILES string of the molecule is CCn1c(C(=O)NS(C)(=O)=O)c(-n2c(=O)[nH]c3cscc3c2=O)c2cc(C(F)(F)F)ccc21.Nc1cccc(Cn2c(C(=O)O)c(-n3c(=O)[nH]c4nc[nH]c4c3=O)c3cc(Br)ccc32)c1.O=C(O)c1c(-n2c(=O)[nH]c3cscc3c2=O)c2cc(C(F)(F)F)ccc2n1Cc1cc(F)ccc1F.O=C(O)c1c(-n2c(=O)[nH]c3cscc3c2=O)c2cc(C(F)(F)F)ccc2n1Cc1ccccn1. The molecule has 0 saturated carbocycles. The fraction of sp³-hybridized carbons (Fsp3) is 0.106. The number of nitrogens with zero attached hydrogens (tertiary/aromatic N) is 10. The van der Waals surface area contributed by atoms with Crippen molar-refractivity contribution in [2.75, 3.05) is 12.0 Å². The molecule has 6 aromatic carbocycles. The number of thiophene rings is 3. The molecule has 0 saturated heterocycles. The van der Waals surface area contributed by atoms with E-state index in [-0.39, 0.29) is 113 Å². The second kappa shape index (κ2) is 35.0. The van der Waals surface area contributed by atoms with Crippen LogP contribution >= 0.6 is 49.9 Å². The van der Waals surface area contributed by atoms with E-state index in [4.69, 9.17) is 5.73 Å². The van der Waals surface area contributed by atoms with Gasteiger partial charge in [-0.1, -0.05) is 34.1 Å². The summed E-state index contributed by atoms with van der Waals surface area (Å²) < 4.78 is 183. The van der Waals surface area contributed by atoms with Gasteiger partial charge in [-0.05, 0) is 128 Å². The molecule has 0 atom stereocenters. The van der Waals surface area contributed by atoms with Gasteiger partial charge >= 0.3 is 59.2 Å². The lowest BCUT2D eigenvalue weighted by atomic mass is 10.1. The number of carbonyl (C=O) groups is 4. The molecule has 0 unspecified atom stereocenters. The third-order valence-electron chi connectivity index (χ3n) is 21.2. The van der Waals surface area contributed by atoms with Crippen molar-refractivity contribution < 1.29 is 91.2 Å². The first-order valence-corrected chi connectivity index (χ1v) is 44.1. The number of halogens is 12. The third kappa shape index (κ3) is 17.2. The van der Waals surface area contributed by atoms with E-state index in [0.29, 0.717) is 52.6 Å². The molecule has 0 fully saturated rings. The number of aromatic amines is 5. The number of alkyl halides is 9. The number of imidazole rings is 1. The van der Waals surface area contributed by atoms with Crippen molar-refractivity contribution in [3.8, 4) is 22.7 Å². The summed E-state index contributed by atoms with van der Waals surface area (Å²) in [5, 5.41) is 39.0. The largest absolute Gasteiger partial charge is 0.477 e. The van der Waals surface area contributed by atoms with Gasteiger partial charge in [0.15, 0.2) is 22.7 Å². The number of amides is 1. The quantitative estimate of drug-likeness (QED) is 0.0317. The van der Waals surface area contributed by atoms with Gasteiger partial charge in [0.2, 0.25) is 10.0 Å². The average molecular weight is 2000 g/mol. The summed E-state index contributed by atoms with van der Waals surface area (Å²) in [6, 6.07) is 27.2. The monoisotopic (exact) mass is 2000 g/mol. The second-order valence-electron chi connectivity index (χ2n) is 29.6. The number of aromatic carboxylic acids is 3. The van der Waals surface area contributed by atoms with Gasteiger partial charge in [0.25, 0.3) is 28.1 Å². The lowest BCUT2D eigenvalue weighted by Gasteiger charge is -2.11. The number of nitrogen functional groups attached to an aromatic ring is 1. The van der Waals surface area contributed by atoms with Crippen molar-refractivity contribution in [3.63, 3.8) is 0 Å². The number of nitrogens with two attached hydrogens (primary N) is 1. The number of aromatic nitrogens is 15. The van der Waals surface area contributed by atoms with Crippen molar-refractivity contribution in [3.05, 3.63) is 334 Å². The van der Waals surface area contributed by atoms with Gasteiger partial charge in [-0.25, -0.2) is 78.7 Å². The Morgan fingerprint density at radius 3 is 1.32 bits per heavy atom. The Kier molecular flexibility index (Phi) is 23.9. The number of anilines is 1. The summed E-state index contributed by atoms with van der Waals surface area (Å²) in [5.41, 5.74) is -5.18. The van der Waals surface area contributed by atoms with Gasteiger partial charge in [-0.2, -0.15) is 39.5 Å². The summed E-state index contributed by atoms with van der Waals surface area (Å²) in [7, 11) is -4.07. The van der Waals surface area contributed by atoms with Crippen LogP contribution in [0.2, 0.25) is 0 Å². The van der Waals surface area contributed by atoms with E-state index in [1.807, 2.05) is 6.07 Å². The van der Waals surface area contributed by atoms with Crippen LogP contribution in [0.15, 0.2) is 221 Å². The molecule has 50 heteroatoms. The Hall–Kier alpha value is -16.0. The maximum atomic E-state index is 14.4. The van der Waals surface area contributed by atoms with Crippen LogP contribution in [0.25, 0.3) is 110 Å². The molecule has 11 N–H and O–H groups in total. The van der Waals surface area contributed by atoms with E-state index in [2.05, 4.69) is 50.8 Å². The number of hydrogen-bond donors (Lipinski definition) is 10. The maximum Gasteiger partial charge on any atom is 0.416 e. The van der Waals surface area contributed by atoms with Crippen LogP contribution in [0, 0.1) is 11.6 Å². The smallest absolute Gasteiger partial charge is 0.416 e. The normalized spacial score (nSPS) is 12.0. The highest BCUT2D eigenvalue weighted by Gasteiger charge is 2.39. The van der Waals surface area contributed by atoms with E-state index in [1.165, 1.54) is 53.9 Å². The third-order valence-corrected chi connectivity index (χ3v) is 24.5. The van der Waals surface area contributed by atoms with Crippen LogP contribution in [-0.2, 0) is 54.7 Å². The predicted molar refractivity (Wildman–Crippen MR) is 479 cm³/mol. The van der Waals surface area contributed by atoms with E-state index < -0.39 is 166 Å². The Balaban J connectivity index is 0.000000131. The molecule has 0 radical (unpaired) electrons. The minimum atomic E-state index is -4.83. The van der Waals surface area contributed by atoms with Crippen molar-refractivity contribution in [2.24, 2.45) is 0 Å². The molecule has 0 spiro atoms. The van der Waals surface area contributed by atoms with Gasteiger partial charge in [0, 0.05) is 88.8 Å². The minimum Gasteiger partial charge on any atom is -0.477 e. The molecule has 0 aliphatic carbocycles. The fourth-order valence-corrected chi connectivity index (χ4v) is 18.6. The highest BCUT2D eigenvalue weighted by molar-refractivity contribution is 9.10. The number of benzene rings is 6. The Morgan fingerprint density at radius 2 is 0.889 bits per heavy atom. The second-order valence-corrected chi connectivity index (χ2v) is 34.5. The summed E-state index contributed by atoms with van der Waals surface area (Å²) in [6.45, 7) is 1.05. The first kappa shape index (κ1) is 92.3. The number of pyridine rings is 1. The summed E-state index contributed by atoms with van der Waals surface area (Å²) in [4.78, 5) is 175. The van der Waals surface area contributed by atoms with Crippen molar-refractivity contribution in [1.82, 2.24) is 76.1 Å². The average Bonchev–Trinajstić information content (AvgIpc) is 1.59. The fourth-order valence-electron chi connectivity index (χ4n) is 15.6. The summed E-state index contributed by atoms with van der Waals surface area (Å²) in [5.74, 6) is -7.42. The number of carbonyl (C=O) groups excluding carboxylic acids is 1. The van der Waals surface area contributed by atoms with Gasteiger partial charge in [-0.3, -0.25) is 33.9 Å². The van der Waals surface area contributed by atoms with Gasteiger partial charge in [0.1, 0.15) is 22.8 Å². The van der Waals surface area contributed by atoms with E-state index in [1.54, 1.807) is 70.8 Å². The van der Waals surface area contributed by atoms with E-state index in [0.717, 1.165) is 116 Å². The first-order valence-electron chi connectivity index (χ1n) is 38.6. The van der Waals surface area contributed by atoms with E-state index >= 15 is 0 Å². The first-order chi connectivity index (χ1) is 63.8. The standard InChI is InChI=1S/C23H12F5N3O4S.C22H13F3N4O4S.C21H15BrN6O4.C19H15F3N4O5S2/c24-12-2-3-15(25)10(5-12)7-30-17-4-1-11(23(26,27)28)6-13(17)18(19(30)21(33)34)31-20(32)14-8-36-9-16(14)29-22(31)35;23-22(24,25)11-4-5-16-13(7-11)17(29-19(30)14-9-34-10-15(14)27-21(29)33)18(20(31)32)28(16)8-12-3-1-2-6-26-12;22-11-4-5-14-13(7-11)16(28-19(29)15-18(25-9-24-15)26-21(28)32)17(20(30)31)27(14)8-10-2-1-3-12(23)6-10;1-3-25-13-5-4-9(19(20,21)22)6-10(13)14(15(25)16(27)24-33(2,30)31)26-17(28)11-7-32-8-12(11)23-18(26)29/h1-6,8-9H,7H2,(H,29,35)(H,33,34);1-7,9-10H,8H2,(H,27,33)(H,31,32);1-7,9H,8,23H2,(H,24,25)(H,26,32)(H,30,31);4-8H,3H2,1-2H3,(H,23,29)(H,24,27). The van der Waals surface area contributed by atoms with Gasteiger partial charge in [0.05, 0.1) is 126 Å². The number of H-pyrrole nitrogens is 5. The number of carboxylic acid groups (broad SMARTS) is 3. The minimum absolute atomic E-state index is 0.0139. The van der Waals surface area contributed by atoms with Crippen LogP contribution < -0.4 is 55.5 Å². The highest BCUT2D eigenvalue weighted by Crippen LogP contribution is 2.42. The zero-order valence-corrected chi connectivity index (χ0v) is 72.8. The molecule has 13 heterocycles. The molecular weight excluding hydrogens is 1950 g/mol. The maximum absolute atomic E-state index is 14.4. The molecule has 34 nitrogen and oxygen atoms in total. The van der Waals surface area contributed by atoms with Crippen LogP contribution in [0.1, 0.15) is 82.4 Å². The molecule has 1 amide bonds. The van der Waals surface area contributed by atoms with Crippen LogP contribution in [0.5, 0.6) is 0 Å². The molecule has 19 aromatic rings. The topological polar surface area (TPSA) is 482 Å². The molecule has 690 valence electrons. The number of fused-ring (bicyclic) bond motifs is 8. The lowest BCUT2D eigenvalue weighted by Crippen LogP contribution is -2.37. The zero-order valence-electron chi connectivity index (χ0n) is 67.9. The van der Waals surface area contributed by atoms with Crippen molar-refractivity contribution in [1.29, 1.82) is 0 Å². The Labute approximate surface area is 760 Å². The lowest BCUT2D eigenvalue weighted by molar-refractivity contribution is -0.138. The van der Waals surface area contributed by atoms with Gasteiger partial charge in [-0.15, -0.1) is 34.0 Å². The van der Waals surface area contributed by atoms with Gasteiger partial charge < -0.3 is 59.3 Å². The number of rotatable bonds is 16. The van der Waals surface area contributed by atoms with Crippen LogP contribution in [-0.4, -0.2) is 125 Å². The molecule has 0 aliphatic rings. The molecule has 135 heavy (non-hydrogen) atoms. The Morgan fingerprint density at radius 1 is 0.467 bits per heavy atom. The molecular formula is C85H55BrF11N17O17S4. The molecule has 19 rings (SSSR count). The summed E-state index contributed by atoms with van der Waals surface area (Å²) >= 11 is 6.74. The number of carboxylic acids is 3. The number of aryl methyl sites for hydroxylation is 1. The van der Waals surface area contributed by atoms with Crippen LogP contribution in [0.3, 0.4) is 0 Å². The van der Waals surface area contributed by atoms with Crippen LogP contribution in [0.4, 0.5) is 54.0 Å². The zero-order chi connectivity index (χ0) is 97.0. The Bertz CT molecular complexity index is 8870. The number of hydrogen-bond acceptors (Lipinski definition) is 20. The van der Waals surface area contributed by atoms with E-state index in [9.17, 15) is 130 Å². The molecule has 0 bridgehead atoms. The number of sulfonamides is 1.